The standard InChI is InChI=1S/C26H30N8O/c1-27-23-22-18(19-10-11-20-21(31-19)5-4-12-28-20)15-29-24(22)33-26(32-23)30-17-8-6-16(7-9-17)25(35)34-13-2-3-14-34/h4-5,10-12,15-17H,2-3,6-9,13-14H2,1H3,(H3,27,29,30,32,33)/t16-,17-. The molecule has 3 N–H and O–H groups in total. The van der Waals surface area contributed by atoms with Crippen LogP contribution < -0.4 is 10.6 Å². The van der Waals surface area contributed by atoms with Crippen molar-refractivity contribution in [1.82, 2.24) is 29.8 Å². The number of fused-ring (bicyclic) bond motifs is 2. The average Bonchev–Trinajstić information content (AvgIpc) is 3.59. The van der Waals surface area contributed by atoms with Gasteiger partial charge in [-0.25, -0.2) is 4.98 Å². The molecule has 1 amide bonds. The molecule has 4 aromatic heterocycles. The van der Waals surface area contributed by atoms with E-state index < -0.39 is 0 Å². The zero-order chi connectivity index (χ0) is 23.8. The molecule has 2 aliphatic rings. The van der Waals surface area contributed by atoms with E-state index >= 15 is 0 Å². The summed E-state index contributed by atoms with van der Waals surface area (Å²) in [6.45, 7) is 1.86. The summed E-state index contributed by atoms with van der Waals surface area (Å²) >= 11 is 0. The first-order chi connectivity index (χ1) is 17.2. The molecular weight excluding hydrogens is 440 g/mol. The number of carbonyl (C=O) groups excluding carboxylic acids is 1. The smallest absolute Gasteiger partial charge is 0.226 e. The van der Waals surface area contributed by atoms with Crippen molar-refractivity contribution in [1.29, 1.82) is 0 Å². The molecular formula is C26H30N8O. The molecule has 4 aromatic rings. The normalized spacial score (nSPS) is 20.4. The van der Waals surface area contributed by atoms with Crippen molar-refractivity contribution in [2.75, 3.05) is 30.8 Å². The van der Waals surface area contributed by atoms with E-state index in [4.69, 9.17) is 15.0 Å². The molecule has 0 aromatic carbocycles. The fourth-order valence-corrected chi connectivity index (χ4v) is 5.45. The predicted molar refractivity (Wildman–Crippen MR) is 137 cm³/mol. The topological polar surface area (TPSA) is 112 Å². The van der Waals surface area contributed by atoms with Crippen molar-refractivity contribution in [2.45, 2.75) is 44.6 Å². The van der Waals surface area contributed by atoms with Crippen LogP contribution in [0.3, 0.4) is 0 Å². The quantitative estimate of drug-likeness (QED) is 0.401. The number of hydrogen-bond donors (Lipinski definition) is 3. The van der Waals surface area contributed by atoms with Gasteiger partial charge < -0.3 is 20.5 Å². The van der Waals surface area contributed by atoms with Gasteiger partial charge >= 0.3 is 0 Å². The number of rotatable bonds is 5. The Labute approximate surface area is 203 Å². The number of amides is 1. The van der Waals surface area contributed by atoms with Crippen molar-refractivity contribution < 1.29 is 4.79 Å². The fourth-order valence-electron chi connectivity index (χ4n) is 5.45. The third-order valence-electron chi connectivity index (χ3n) is 7.33. The zero-order valence-electron chi connectivity index (χ0n) is 19.9. The lowest BCUT2D eigenvalue weighted by atomic mass is 9.85. The largest absolute Gasteiger partial charge is 0.372 e. The Morgan fingerprint density at radius 1 is 1.03 bits per heavy atom. The highest BCUT2D eigenvalue weighted by atomic mass is 16.2. The molecule has 1 saturated heterocycles. The lowest BCUT2D eigenvalue weighted by molar-refractivity contribution is -0.135. The predicted octanol–water partition coefficient (Wildman–Crippen LogP) is 4.20. The van der Waals surface area contributed by atoms with Gasteiger partial charge in [0.25, 0.3) is 0 Å². The van der Waals surface area contributed by atoms with Gasteiger partial charge in [-0.3, -0.25) is 9.78 Å². The first-order valence-electron chi connectivity index (χ1n) is 12.5. The van der Waals surface area contributed by atoms with Crippen LogP contribution >= 0.6 is 0 Å². The van der Waals surface area contributed by atoms with Crippen LogP contribution in [0.25, 0.3) is 33.3 Å². The van der Waals surface area contributed by atoms with E-state index in [2.05, 4.69) is 25.5 Å². The minimum atomic E-state index is 0.165. The first kappa shape index (κ1) is 21.8. The van der Waals surface area contributed by atoms with Gasteiger partial charge in [-0.15, -0.1) is 0 Å². The van der Waals surface area contributed by atoms with E-state index in [0.717, 1.165) is 90.8 Å². The van der Waals surface area contributed by atoms with E-state index in [1.54, 1.807) is 6.20 Å². The Morgan fingerprint density at radius 3 is 2.66 bits per heavy atom. The Morgan fingerprint density at radius 2 is 1.86 bits per heavy atom. The van der Waals surface area contributed by atoms with E-state index in [1.807, 2.05) is 37.5 Å². The maximum Gasteiger partial charge on any atom is 0.226 e. The van der Waals surface area contributed by atoms with Crippen LogP contribution in [0.1, 0.15) is 38.5 Å². The summed E-state index contributed by atoms with van der Waals surface area (Å²) in [5.74, 6) is 1.87. The van der Waals surface area contributed by atoms with Gasteiger partial charge in [0.1, 0.15) is 11.5 Å². The molecule has 6 rings (SSSR count). The monoisotopic (exact) mass is 470 g/mol. The Hall–Kier alpha value is -3.75. The van der Waals surface area contributed by atoms with Gasteiger partial charge in [-0.2, -0.15) is 9.97 Å². The third kappa shape index (κ3) is 4.15. The molecule has 2 fully saturated rings. The second kappa shape index (κ2) is 9.13. The molecule has 0 unspecified atom stereocenters. The van der Waals surface area contributed by atoms with Crippen LogP contribution in [0.4, 0.5) is 11.8 Å². The second-order valence-electron chi connectivity index (χ2n) is 9.54. The van der Waals surface area contributed by atoms with Crippen LogP contribution in [-0.4, -0.2) is 61.9 Å². The van der Waals surface area contributed by atoms with Gasteiger partial charge in [-0.05, 0) is 62.8 Å². The average molecular weight is 471 g/mol. The number of nitrogens with zero attached hydrogens (tertiary/aromatic N) is 5. The van der Waals surface area contributed by atoms with Crippen molar-refractivity contribution in [3.05, 3.63) is 36.7 Å². The highest BCUT2D eigenvalue weighted by Gasteiger charge is 2.31. The van der Waals surface area contributed by atoms with E-state index in [-0.39, 0.29) is 12.0 Å². The highest BCUT2D eigenvalue weighted by Crippen LogP contribution is 2.34. The van der Waals surface area contributed by atoms with Crippen molar-refractivity contribution >= 4 is 39.7 Å². The van der Waals surface area contributed by atoms with Gasteiger partial charge in [0.2, 0.25) is 11.9 Å². The molecule has 1 saturated carbocycles. The molecule has 0 bridgehead atoms. The number of nitrogens with one attached hydrogen (secondary N) is 3. The minimum absolute atomic E-state index is 0.165. The molecule has 1 aliphatic heterocycles. The van der Waals surface area contributed by atoms with Crippen LogP contribution in [0.2, 0.25) is 0 Å². The number of anilines is 2. The summed E-state index contributed by atoms with van der Waals surface area (Å²) in [6.07, 6.45) is 9.73. The van der Waals surface area contributed by atoms with E-state index in [0.29, 0.717) is 11.9 Å². The molecule has 0 atom stereocenters. The first-order valence-corrected chi connectivity index (χ1v) is 12.5. The number of H-pyrrole nitrogens is 1. The lowest BCUT2D eigenvalue weighted by Crippen LogP contribution is -2.37. The summed E-state index contributed by atoms with van der Waals surface area (Å²) in [5, 5.41) is 7.66. The van der Waals surface area contributed by atoms with Crippen molar-refractivity contribution in [3.63, 3.8) is 0 Å². The molecule has 0 spiro atoms. The Bertz CT molecular complexity index is 1370. The number of pyridine rings is 2. The number of aromatic nitrogens is 5. The van der Waals surface area contributed by atoms with Crippen molar-refractivity contribution in [3.8, 4) is 11.3 Å². The van der Waals surface area contributed by atoms with Crippen LogP contribution in [0, 0.1) is 5.92 Å². The molecule has 5 heterocycles. The summed E-state index contributed by atoms with van der Waals surface area (Å²) in [7, 11) is 1.87. The summed E-state index contributed by atoms with van der Waals surface area (Å²) in [5.41, 5.74) is 4.27. The third-order valence-corrected chi connectivity index (χ3v) is 7.33. The van der Waals surface area contributed by atoms with Gasteiger partial charge in [0.15, 0.2) is 0 Å². The summed E-state index contributed by atoms with van der Waals surface area (Å²) < 4.78 is 0. The lowest BCUT2D eigenvalue weighted by Gasteiger charge is -2.30. The number of aromatic amines is 1. The highest BCUT2D eigenvalue weighted by molar-refractivity contribution is 6.01. The molecule has 0 radical (unpaired) electrons. The maximum absolute atomic E-state index is 12.7. The molecule has 9 nitrogen and oxygen atoms in total. The van der Waals surface area contributed by atoms with Crippen LogP contribution in [0.5, 0.6) is 0 Å². The second-order valence-corrected chi connectivity index (χ2v) is 9.54. The van der Waals surface area contributed by atoms with Crippen molar-refractivity contribution in [2.24, 2.45) is 5.92 Å². The number of carbonyl (C=O) groups is 1. The summed E-state index contributed by atoms with van der Waals surface area (Å²) in [6, 6.07) is 8.09. The Balaban J connectivity index is 1.20. The van der Waals surface area contributed by atoms with Gasteiger partial charge in [-0.1, -0.05) is 0 Å². The Kier molecular flexibility index (Phi) is 5.67. The van der Waals surface area contributed by atoms with Gasteiger partial charge in [0.05, 0.1) is 22.1 Å². The maximum atomic E-state index is 12.7. The number of likely N-dealkylation sites (tertiary alicyclic amines) is 1. The SMILES string of the molecule is CNc1nc(N[C@H]2CC[C@H](C(=O)N3CCCC3)CC2)nc2[nH]cc(-c3ccc4ncccc4n3)c12. The van der Waals surface area contributed by atoms with E-state index in [9.17, 15) is 4.79 Å². The molecule has 9 heteroatoms. The molecule has 180 valence electrons. The zero-order valence-corrected chi connectivity index (χ0v) is 19.9. The molecule has 35 heavy (non-hydrogen) atoms. The van der Waals surface area contributed by atoms with Gasteiger partial charge in [0, 0.05) is 50.1 Å². The summed E-state index contributed by atoms with van der Waals surface area (Å²) in [4.78, 5) is 36.8. The number of hydrogen-bond acceptors (Lipinski definition) is 7. The van der Waals surface area contributed by atoms with Crippen LogP contribution in [0.15, 0.2) is 36.7 Å². The van der Waals surface area contributed by atoms with E-state index in [1.165, 1.54) is 0 Å². The molecule has 1 aliphatic carbocycles. The van der Waals surface area contributed by atoms with Crippen LogP contribution in [-0.2, 0) is 4.79 Å². The minimum Gasteiger partial charge on any atom is -0.372 e. The fraction of sp³-hybridized carbons (Fsp3) is 0.423.